The molecule has 0 aliphatic carbocycles. The molecule has 6 heteroatoms. The van der Waals surface area contributed by atoms with Gasteiger partial charge in [0, 0.05) is 32.7 Å². The van der Waals surface area contributed by atoms with Crippen LogP contribution in [0.3, 0.4) is 0 Å². The van der Waals surface area contributed by atoms with E-state index in [4.69, 9.17) is 9.73 Å². The van der Waals surface area contributed by atoms with Crippen molar-refractivity contribution in [3.8, 4) is 0 Å². The molecule has 1 aliphatic rings. The summed E-state index contributed by atoms with van der Waals surface area (Å²) in [5.41, 5.74) is 3.44. The van der Waals surface area contributed by atoms with Crippen molar-refractivity contribution in [2.75, 3.05) is 26.2 Å². The minimum Gasteiger partial charge on any atom is -0.388 e. The summed E-state index contributed by atoms with van der Waals surface area (Å²) in [6, 6.07) is 18.5. The van der Waals surface area contributed by atoms with Gasteiger partial charge in [-0.15, -0.1) is 0 Å². The zero-order chi connectivity index (χ0) is 22.8. The largest absolute Gasteiger partial charge is 0.388 e. The third-order valence-electron chi connectivity index (χ3n) is 5.58. The number of aliphatic imine (C=N–C) groups is 1. The van der Waals surface area contributed by atoms with Crippen molar-refractivity contribution in [1.82, 2.24) is 15.5 Å². The van der Waals surface area contributed by atoms with Crippen LogP contribution in [0.2, 0.25) is 0 Å². The first-order chi connectivity index (χ1) is 15.5. The SMILES string of the molecule is CCNC(=NCc1ccc(CN2CC(C)OC(C)C2)cc1)NCCC(O)c1ccccc1. The van der Waals surface area contributed by atoms with Crippen LogP contribution in [0.5, 0.6) is 0 Å². The van der Waals surface area contributed by atoms with Gasteiger partial charge in [-0.05, 0) is 43.9 Å². The van der Waals surface area contributed by atoms with E-state index in [1.54, 1.807) is 0 Å². The molecule has 3 N–H and O–H groups in total. The maximum atomic E-state index is 10.3. The Labute approximate surface area is 192 Å². The fourth-order valence-electron chi connectivity index (χ4n) is 4.10. The quantitative estimate of drug-likeness (QED) is 0.413. The number of benzene rings is 2. The molecule has 0 radical (unpaired) electrons. The second-order valence-corrected chi connectivity index (χ2v) is 8.60. The summed E-state index contributed by atoms with van der Waals surface area (Å²) in [6.45, 7) is 11.3. The smallest absolute Gasteiger partial charge is 0.191 e. The summed E-state index contributed by atoms with van der Waals surface area (Å²) in [6.07, 6.45) is 0.731. The van der Waals surface area contributed by atoms with Gasteiger partial charge in [0.25, 0.3) is 0 Å². The van der Waals surface area contributed by atoms with Crippen molar-refractivity contribution in [3.05, 3.63) is 71.3 Å². The highest BCUT2D eigenvalue weighted by molar-refractivity contribution is 5.79. The van der Waals surface area contributed by atoms with E-state index < -0.39 is 6.10 Å². The molecule has 0 aromatic heterocycles. The molecule has 2 aromatic carbocycles. The van der Waals surface area contributed by atoms with E-state index >= 15 is 0 Å². The molecule has 1 saturated heterocycles. The molecular weight excluding hydrogens is 400 g/mol. The van der Waals surface area contributed by atoms with Gasteiger partial charge < -0.3 is 20.5 Å². The van der Waals surface area contributed by atoms with Gasteiger partial charge in [0.05, 0.1) is 24.9 Å². The van der Waals surface area contributed by atoms with Crippen LogP contribution < -0.4 is 10.6 Å². The highest BCUT2D eigenvalue weighted by atomic mass is 16.5. The molecule has 2 aromatic rings. The van der Waals surface area contributed by atoms with Crippen LogP contribution in [0.25, 0.3) is 0 Å². The Morgan fingerprint density at radius 3 is 2.34 bits per heavy atom. The van der Waals surface area contributed by atoms with Crippen molar-refractivity contribution in [3.63, 3.8) is 0 Å². The standard InChI is InChI=1S/C26H38N4O2/c1-4-27-26(28-15-14-25(31)24-8-6-5-7-9-24)29-16-22-10-12-23(13-11-22)19-30-17-20(2)32-21(3)18-30/h5-13,20-21,25,31H,4,14-19H2,1-3H3,(H2,27,28,29). The van der Waals surface area contributed by atoms with E-state index in [0.717, 1.165) is 37.7 Å². The Kier molecular flexibility index (Phi) is 9.53. The minimum atomic E-state index is -0.475. The predicted octanol–water partition coefficient (Wildman–Crippen LogP) is 3.47. The van der Waals surface area contributed by atoms with E-state index in [1.807, 2.05) is 30.3 Å². The van der Waals surface area contributed by atoms with E-state index in [2.05, 4.69) is 60.6 Å². The highest BCUT2D eigenvalue weighted by Crippen LogP contribution is 2.16. The number of hydrogen-bond acceptors (Lipinski definition) is 4. The summed E-state index contributed by atoms with van der Waals surface area (Å²) < 4.78 is 5.83. The lowest BCUT2D eigenvalue weighted by atomic mass is 10.1. The van der Waals surface area contributed by atoms with Gasteiger partial charge in [0.2, 0.25) is 0 Å². The van der Waals surface area contributed by atoms with E-state index in [-0.39, 0.29) is 12.2 Å². The van der Waals surface area contributed by atoms with Gasteiger partial charge in [-0.2, -0.15) is 0 Å². The molecule has 6 nitrogen and oxygen atoms in total. The summed E-state index contributed by atoms with van der Waals surface area (Å²) in [5, 5.41) is 16.9. The molecule has 0 spiro atoms. The zero-order valence-electron chi connectivity index (χ0n) is 19.6. The highest BCUT2D eigenvalue weighted by Gasteiger charge is 2.21. The van der Waals surface area contributed by atoms with Crippen LogP contribution in [-0.2, 0) is 17.8 Å². The topological polar surface area (TPSA) is 69.1 Å². The number of aliphatic hydroxyl groups excluding tert-OH is 1. The summed E-state index contributed by atoms with van der Waals surface area (Å²) >= 11 is 0. The van der Waals surface area contributed by atoms with Crippen LogP contribution in [-0.4, -0.2) is 54.4 Å². The van der Waals surface area contributed by atoms with Crippen LogP contribution >= 0.6 is 0 Å². The minimum absolute atomic E-state index is 0.290. The Morgan fingerprint density at radius 2 is 1.69 bits per heavy atom. The molecule has 1 heterocycles. The molecule has 1 fully saturated rings. The zero-order valence-corrected chi connectivity index (χ0v) is 19.6. The Balaban J connectivity index is 1.47. The molecule has 174 valence electrons. The van der Waals surface area contributed by atoms with E-state index in [0.29, 0.717) is 19.5 Å². The number of nitrogens with one attached hydrogen (secondary N) is 2. The van der Waals surface area contributed by atoms with Crippen molar-refractivity contribution >= 4 is 5.96 Å². The predicted molar refractivity (Wildman–Crippen MR) is 131 cm³/mol. The lowest BCUT2D eigenvalue weighted by molar-refractivity contribution is -0.0704. The lowest BCUT2D eigenvalue weighted by Gasteiger charge is -2.35. The molecule has 0 bridgehead atoms. The molecule has 3 unspecified atom stereocenters. The van der Waals surface area contributed by atoms with Crippen molar-refractivity contribution < 1.29 is 9.84 Å². The van der Waals surface area contributed by atoms with Crippen LogP contribution in [0.4, 0.5) is 0 Å². The first-order valence-corrected chi connectivity index (χ1v) is 11.7. The van der Waals surface area contributed by atoms with Gasteiger partial charge in [0.15, 0.2) is 5.96 Å². The summed E-state index contributed by atoms with van der Waals surface area (Å²) in [7, 11) is 0. The molecular formula is C26H38N4O2. The monoisotopic (exact) mass is 438 g/mol. The van der Waals surface area contributed by atoms with E-state index in [9.17, 15) is 5.11 Å². The molecule has 0 saturated carbocycles. The van der Waals surface area contributed by atoms with Gasteiger partial charge in [-0.25, -0.2) is 4.99 Å². The number of guanidine groups is 1. The summed E-state index contributed by atoms with van der Waals surface area (Å²) in [4.78, 5) is 7.17. The number of morpholine rings is 1. The third-order valence-corrected chi connectivity index (χ3v) is 5.58. The average Bonchev–Trinajstić information content (AvgIpc) is 2.78. The molecule has 0 amide bonds. The number of ether oxygens (including phenoxy) is 1. The number of aliphatic hydroxyl groups is 1. The van der Waals surface area contributed by atoms with Crippen LogP contribution in [0.15, 0.2) is 59.6 Å². The average molecular weight is 439 g/mol. The second-order valence-electron chi connectivity index (χ2n) is 8.60. The number of hydrogen-bond donors (Lipinski definition) is 3. The molecule has 3 atom stereocenters. The van der Waals surface area contributed by atoms with Gasteiger partial charge >= 0.3 is 0 Å². The molecule has 32 heavy (non-hydrogen) atoms. The maximum absolute atomic E-state index is 10.3. The number of rotatable bonds is 9. The van der Waals surface area contributed by atoms with E-state index in [1.165, 1.54) is 11.1 Å². The first kappa shape index (κ1) is 24.2. The van der Waals surface area contributed by atoms with Crippen molar-refractivity contribution in [2.24, 2.45) is 4.99 Å². The molecule has 3 rings (SSSR count). The Hall–Kier alpha value is -2.41. The second kappa shape index (κ2) is 12.6. The van der Waals surface area contributed by atoms with Gasteiger partial charge in [-0.1, -0.05) is 54.6 Å². The Morgan fingerprint density at radius 1 is 1.03 bits per heavy atom. The van der Waals surface area contributed by atoms with Crippen molar-refractivity contribution in [2.45, 2.75) is 58.6 Å². The summed E-state index contributed by atoms with van der Waals surface area (Å²) in [5.74, 6) is 0.771. The maximum Gasteiger partial charge on any atom is 0.191 e. The fourth-order valence-corrected chi connectivity index (χ4v) is 4.10. The lowest BCUT2D eigenvalue weighted by Crippen LogP contribution is -2.44. The van der Waals surface area contributed by atoms with Crippen LogP contribution in [0.1, 0.15) is 50.0 Å². The fraction of sp³-hybridized carbons (Fsp3) is 0.500. The molecule has 1 aliphatic heterocycles. The first-order valence-electron chi connectivity index (χ1n) is 11.7. The third kappa shape index (κ3) is 7.93. The normalized spacial score (nSPS) is 20.7. The Bertz CT molecular complexity index is 815. The number of nitrogens with zero attached hydrogens (tertiary/aromatic N) is 2. The van der Waals surface area contributed by atoms with Crippen LogP contribution in [0, 0.1) is 0 Å². The van der Waals surface area contributed by atoms with Crippen molar-refractivity contribution in [1.29, 1.82) is 0 Å². The van der Waals surface area contributed by atoms with Gasteiger partial charge in [0.1, 0.15) is 0 Å². The van der Waals surface area contributed by atoms with Gasteiger partial charge in [-0.3, -0.25) is 4.90 Å².